The monoisotopic (exact) mass is 419 g/mol. The summed E-state index contributed by atoms with van der Waals surface area (Å²) in [5.74, 6) is 3.73. The van der Waals surface area contributed by atoms with Gasteiger partial charge < -0.3 is 10.1 Å². The van der Waals surface area contributed by atoms with E-state index in [-0.39, 0.29) is 0 Å². The Kier molecular flexibility index (Phi) is 5.23. The Balaban J connectivity index is 1.18. The lowest BCUT2D eigenvalue weighted by Gasteiger charge is -2.57. The van der Waals surface area contributed by atoms with Crippen molar-refractivity contribution in [2.75, 3.05) is 12.4 Å². The zero-order valence-corrected chi connectivity index (χ0v) is 18.3. The quantitative estimate of drug-likeness (QED) is 0.382. The first-order valence-corrected chi connectivity index (χ1v) is 11.4. The Labute approximate surface area is 184 Å². The van der Waals surface area contributed by atoms with Crippen molar-refractivity contribution in [3.8, 4) is 5.75 Å². The zero-order valence-electron chi connectivity index (χ0n) is 17.4. The summed E-state index contributed by atoms with van der Waals surface area (Å²) in [4.78, 5) is 0. The summed E-state index contributed by atoms with van der Waals surface area (Å²) in [6.45, 7) is 0. The van der Waals surface area contributed by atoms with Crippen LogP contribution in [0.25, 0.3) is 0 Å². The van der Waals surface area contributed by atoms with Crippen LogP contribution >= 0.6 is 12.2 Å². The van der Waals surface area contributed by atoms with E-state index < -0.39 is 0 Å². The fourth-order valence-electron chi connectivity index (χ4n) is 6.39. The molecule has 30 heavy (non-hydrogen) atoms. The Hall–Kier alpha value is -2.40. The van der Waals surface area contributed by atoms with Crippen molar-refractivity contribution in [3.63, 3.8) is 0 Å². The first-order chi connectivity index (χ1) is 14.6. The maximum absolute atomic E-state index is 5.31. The van der Waals surface area contributed by atoms with E-state index in [1.165, 1.54) is 38.5 Å². The second kappa shape index (κ2) is 8.03. The highest BCUT2D eigenvalue weighted by molar-refractivity contribution is 7.80. The molecule has 5 heteroatoms. The lowest BCUT2D eigenvalue weighted by Crippen LogP contribution is -2.48. The van der Waals surface area contributed by atoms with E-state index in [2.05, 4.69) is 40.1 Å². The molecule has 6 rings (SSSR count). The molecule has 2 aromatic rings. The molecule has 0 radical (unpaired) electrons. The summed E-state index contributed by atoms with van der Waals surface area (Å²) < 4.78 is 5.16. The molecule has 4 saturated carbocycles. The molecule has 0 atom stereocenters. The van der Waals surface area contributed by atoms with Crippen LogP contribution < -0.4 is 15.5 Å². The second-order valence-corrected chi connectivity index (χ2v) is 9.78. The molecule has 0 saturated heterocycles. The maximum atomic E-state index is 5.31. The molecule has 4 bridgehead atoms. The number of hydrazone groups is 1. The number of nitrogens with zero attached hydrogens (tertiary/aromatic N) is 1. The van der Waals surface area contributed by atoms with Crippen LogP contribution in [0.2, 0.25) is 0 Å². The van der Waals surface area contributed by atoms with Crippen LogP contribution in [-0.4, -0.2) is 18.4 Å². The number of hydrogen-bond donors (Lipinski definition) is 2. The third-order valence-electron chi connectivity index (χ3n) is 7.29. The molecule has 0 aromatic heterocycles. The Morgan fingerprint density at radius 2 is 1.57 bits per heavy atom. The van der Waals surface area contributed by atoms with Crippen molar-refractivity contribution < 1.29 is 4.74 Å². The molecule has 4 fully saturated rings. The summed E-state index contributed by atoms with van der Waals surface area (Å²) in [5.41, 5.74) is 6.86. The van der Waals surface area contributed by atoms with Crippen LogP contribution in [0.1, 0.15) is 49.7 Å². The molecule has 4 aliphatic carbocycles. The summed E-state index contributed by atoms with van der Waals surface area (Å²) >= 11 is 5.31. The standard InChI is InChI=1S/C25H29N3OS/c1-29-23-8-6-22(7-9-23)27-24(30)28-26-16-17-2-4-21(5-3-17)25-13-18-10-19(14-25)12-20(11-18)15-25/h2-9,16,18-20H,10-15H2,1H3,(H2,27,28,30). The smallest absolute Gasteiger partial charge is 0.191 e. The van der Waals surface area contributed by atoms with E-state index in [9.17, 15) is 0 Å². The van der Waals surface area contributed by atoms with Crippen molar-refractivity contribution >= 4 is 29.2 Å². The van der Waals surface area contributed by atoms with Crippen molar-refractivity contribution in [2.45, 2.75) is 43.9 Å². The lowest BCUT2D eigenvalue weighted by atomic mass is 9.48. The highest BCUT2D eigenvalue weighted by Crippen LogP contribution is 2.60. The van der Waals surface area contributed by atoms with Crippen LogP contribution in [0.5, 0.6) is 5.75 Å². The predicted octanol–water partition coefficient (Wildman–Crippen LogP) is 5.48. The van der Waals surface area contributed by atoms with Crippen LogP contribution in [0.3, 0.4) is 0 Å². The van der Waals surface area contributed by atoms with Gasteiger partial charge in [-0.25, -0.2) is 0 Å². The third-order valence-corrected chi connectivity index (χ3v) is 7.48. The van der Waals surface area contributed by atoms with Crippen LogP contribution in [0, 0.1) is 17.8 Å². The molecule has 0 aliphatic heterocycles. The predicted molar refractivity (Wildman–Crippen MR) is 126 cm³/mol. The molecule has 0 unspecified atom stereocenters. The summed E-state index contributed by atoms with van der Waals surface area (Å²) in [6.07, 6.45) is 10.5. The number of anilines is 1. The topological polar surface area (TPSA) is 45.6 Å². The molecule has 0 amide bonds. The molecule has 2 aromatic carbocycles. The van der Waals surface area contributed by atoms with Gasteiger partial charge in [-0.15, -0.1) is 0 Å². The van der Waals surface area contributed by atoms with E-state index in [0.29, 0.717) is 10.5 Å². The molecule has 156 valence electrons. The second-order valence-electron chi connectivity index (χ2n) is 9.37. The van der Waals surface area contributed by atoms with Gasteiger partial charge in [0.15, 0.2) is 5.11 Å². The largest absolute Gasteiger partial charge is 0.497 e. The lowest BCUT2D eigenvalue weighted by molar-refractivity contribution is -0.00518. The molecule has 0 spiro atoms. The van der Waals surface area contributed by atoms with Crippen molar-refractivity contribution in [3.05, 3.63) is 59.7 Å². The Morgan fingerprint density at radius 3 is 2.13 bits per heavy atom. The van der Waals surface area contributed by atoms with Gasteiger partial charge in [0.1, 0.15) is 5.75 Å². The van der Waals surface area contributed by atoms with E-state index >= 15 is 0 Å². The zero-order chi connectivity index (χ0) is 20.6. The van der Waals surface area contributed by atoms with Crippen LogP contribution in [0.4, 0.5) is 5.69 Å². The van der Waals surface area contributed by atoms with Gasteiger partial charge in [-0.3, -0.25) is 5.43 Å². The van der Waals surface area contributed by atoms with Gasteiger partial charge in [-0.05, 0) is 109 Å². The molecule has 4 nitrogen and oxygen atoms in total. The fraction of sp³-hybridized carbons (Fsp3) is 0.440. The molecule has 2 N–H and O–H groups in total. The number of thiocarbonyl (C=S) groups is 1. The first-order valence-electron chi connectivity index (χ1n) is 11.0. The molecule has 4 aliphatic rings. The van der Waals surface area contributed by atoms with Gasteiger partial charge in [0, 0.05) is 5.69 Å². The van der Waals surface area contributed by atoms with Gasteiger partial charge in [0.2, 0.25) is 0 Å². The van der Waals surface area contributed by atoms with Crippen LogP contribution in [0.15, 0.2) is 53.6 Å². The summed E-state index contributed by atoms with van der Waals surface area (Å²) in [6, 6.07) is 16.7. The third kappa shape index (κ3) is 3.95. The van der Waals surface area contributed by atoms with Gasteiger partial charge in [-0.1, -0.05) is 24.3 Å². The highest BCUT2D eigenvalue weighted by atomic mass is 32.1. The number of ether oxygens (including phenoxy) is 1. The summed E-state index contributed by atoms with van der Waals surface area (Å²) in [5, 5.41) is 7.86. The Morgan fingerprint density at radius 1 is 0.967 bits per heavy atom. The van der Waals surface area contributed by atoms with E-state index in [1.54, 1.807) is 12.7 Å². The minimum absolute atomic E-state index is 0.451. The maximum Gasteiger partial charge on any atom is 0.191 e. The van der Waals surface area contributed by atoms with Gasteiger partial charge in [0.05, 0.1) is 13.3 Å². The first kappa shape index (κ1) is 19.6. The minimum Gasteiger partial charge on any atom is -0.497 e. The number of rotatable bonds is 5. The SMILES string of the molecule is COc1ccc(NC(=S)NN=Cc2ccc(C34CC5CC(CC(C5)C3)C4)cc2)cc1. The number of benzene rings is 2. The number of nitrogens with one attached hydrogen (secondary N) is 2. The fourth-order valence-corrected chi connectivity index (χ4v) is 6.56. The number of hydrogen-bond acceptors (Lipinski definition) is 3. The van der Waals surface area contributed by atoms with E-state index in [0.717, 1.165) is 34.8 Å². The van der Waals surface area contributed by atoms with Crippen molar-refractivity contribution in [2.24, 2.45) is 22.9 Å². The van der Waals surface area contributed by atoms with Gasteiger partial charge >= 0.3 is 0 Å². The van der Waals surface area contributed by atoms with Gasteiger partial charge in [0.25, 0.3) is 0 Å². The van der Waals surface area contributed by atoms with Gasteiger partial charge in [-0.2, -0.15) is 5.10 Å². The van der Waals surface area contributed by atoms with E-state index in [1.807, 2.05) is 30.5 Å². The average molecular weight is 420 g/mol. The Bertz CT molecular complexity index is 901. The summed E-state index contributed by atoms with van der Waals surface area (Å²) in [7, 11) is 1.65. The van der Waals surface area contributed by atoms with Crippen molar-refractivity contribution in [1.82, 2.24) is 5.43 Å². The highest BCUT2D eigenvalue weighted by Gasteiger charge is 2.51. The molecule has 0 heterocycles. The minimum atomic E-state index is 0.451. The molecular weight excluding hydrogens is 390 g/mol. The average Bonchev–Trinajstić information content (AvgIpc) is 2.74. The molecular formula is C25H29N3OS. The number of methoxy groups -OCH3 is 1. The van der Waals surface area contributed by atoms with E-state index in [4.69, 9.17) is 17.0 Å². The van der Waals surface area contributed by atoms with Crippen LogP contribution in [-0.2, 0) is 5.41 Å². The normalized spacial score (nSPS) is 29.2. The van der Waals surface area contributed by atoms with Crippen molar-refractivity contribution in [1.29, 1.82) is 0 Å².